The molecule has 0 bridgehead atoms. The SMILES string of the molecule is O=C(CSCc1ccccc1Cl)Nc1ccc(N2CCCCC2)cc1. The summed E-state index contributed by atoms with van der Waals surface area (Å²) in [5.41, 5.74) is 3.16. The van der Waals surface area contributed by atoms with E-state index in [9.17, 15) is 4.79 Å². The van der Waals surface area contributed by atoms with Gasteiger partial charge in [-0.3, -0.25) is 4.79 Å². The molecule has 1 aliphatic heterocycles. The van der Waals surface area contributed by atoms with Crippen LogP contribution in [0.2, 0.25) is 5.02 Å². The molecule has 0 aromatic heterocycles. The van der Waals surface area contributed by atoms with E-state index in [1.54, 1.807) is 11.8 Å². The molecule has 25 heavy (non-hydrogen) atoms. The highest BCUT2D eigenvalue weighted by Gasteiger charge is 2.11. The second-order valence-electron chi connectivity index (χ2n) is 6.23. The fourth-order valence-electron chi connectivity index (χ4n) is 2.97. The maximum Gasteiger partial charge on any atom is 0.234 e. The number of piperidine rings is 1. The molecule has 0 atom stereocenters. The Morgan fingerprint density at radius 2 is 1.76 bits per heavy atom. The lowest BCUT2D eigenvalue weighted by molar-refractivity contribution is -0.113. The lowest BCUT2D eigenvalue weighted by Gasteiger charge is -2.28. The van der Waals surface area contributed by atoms with Gasteiger partial charge in [-0.15, -0.1) is 11.8 Å². The fraction of sp³-hybridized carbons (Fsp3) is 0.350. The quantitative estimate of drug-likeness (QED) is 0.753. The first kappa shape index (κ1) is 18.2. The molecule has 5 heteroatoms. The Bertz CT molecular complexity index is 699. The maximum atomic E-state index is 12.1. The van der Waals surface area contributed by atoms with Crippen molar-refractivity contribution >= 4 is 40.6 Å². The Kier molecular flexibility index (Phi) is 6.65. The van der Waals surface area contributed by atoms with Crippen LogP contribution < -0.4 is 10.2 Å². The zero-order chi connectivity index (χ0) is 17.5. The third-order valence-corrected chi connectivity index (χ3v) is 5.67. The van der Waals surface area contributed by atoms with E-state index < -0.39 is 0 Å². The van der Waals surface area contributed by atoms with Gasteiger partial charge in [0.25, 0.3) is 0 Å². The summed E-state index contributed by atoms with van der Waals surface area (Å²) in [6, 6.07) is 15.9. The zero-order valence-electron chi connectivity index (χ0n) is 14.2. The third kappa shape index (κ3) is 5.41. The summed E-state index contributed by atoms with van der Waals surface area (Å²) < 4.78 is 0. The lowest BCUT2D eigenvalue weighted by atomic mass is 10.1. The van der Waals surface area contributed by atoms with Crippen molar-refractivity contribution in [2.45, 2.75) is 25.0 Å². The van der Waals surface area contributed by atoms with Gasteiger partial charge in [0.1, 0.15) is 0 Å². The van der Waals surface area contributed by atoms with Gasteiger partial charge in [-0.2, -0.15) is 0 Å². The molecule has 3 nitrogen and oxygen atoms in total. The molecule has 1 saturated heterocycles. The molecule has 1 fully saturated rings. The first-order valence-corrected chi connectivity index (χ1v) is 10.2. The van der Waals surface area contributed by atoms with E-state index in [-0.39, 0.29) is 5.91 Å². The summed E-state index contributed by atoms with van der Waals surface area (Å²) in [6.07, 6.45) is 3.86. The van der Waals surface area contributed by atoms with Crippen molar-refractivity contribution in [2.24, 2.45) is 0 Å². The van der Waals surface area contributed by atoms with E-state index in [2.05, 4.69) is 22.3 Å². The smallest absolute Gasteiger partial charge is 0.234 e. The Morgan fingerprint density at radius 3 is 2.48 bits per heavy atom. The summed E-state index contributed by atoms with van der Waals surface area (Å²) in [6.45, 7) is 2.26. The number of anilines is 2. The van der Waals surface area contributed by atoms with E-state index in [0.29, 0.717) is 5.75 Å². The molecule has 2 aromatic carbocycles. The average Bonchev–Trinajstić information content (AvgIpc) is 2.65. The second-order valence-corrected chi connectivity index (χ2v) is 7.62. The van der Waals surface area contributed by atoms with Gasteiger partial charge in [0.15, 0.2) is 0 Å². The number of carbonyl (C=O) groups excluding carboxylic acids is 1. The number of halogens is 1. The first-order chi connectivity index (χ1) is 12.2. The van der Waals surface area contributed by atoms with Crippen LogP contribution in [0.15, 0.2) is 48.5 Å². The van der Waals surface area contributed by atoms with Crippen molar-refractivity contribution in [3.05, 3.63) is 59.1 Å². The minimum Gasteiger partial charge on any atom is -0.372 e. The van der Waals surface area contributed by atoms with Gasteiger partial charge in [-0.1, -0.05) is 29.8 Å². The van der Waals surface area contributed by atoms with Gasteiger partial charge in [-0.05, 0) is 55.2 Å². The van der Waals surface area contributed by atoms with Crippen molar-refractivity contribution in [2.75, 3.05) is 29.1 Å². The number of rotatable bonds is 6. The number of hydrogen-bond acceptors (Lipinski definition) is 3. The molecule has 2 aromatic rings. The summed E-state index contributed by atoms with van der Waals surface area (Å²) in [5, 5.41) is 3.72. The number of carbonyl (C=O) groups is 1. The Labute approximate surface area is 158 Å². The highest BCUT2D eigenvalue weighted by Crippen LogP contribution is 2.23. The standard InChI is InChI=1S/C20H23ClN2OS/c21-19-7-3-2-6-16(19)14-25-15-20(24)22-17-8-10-18(11-9-17)23-12-4-1-5-13-23/h2-3,6-11H,1,4-5,12-15H2,(H,22,24). The molecule has 0 radical (unpaired) electrons. The summed E-state index contributed by atoms with van der Waals surface area (Å²) in [7, 11) is 0. The highest BCUT2D eigenvalue weighted by molar-refractivity contribution is 7.99. The van der Waals surface area contributed by atoms with Gasteiger partial charge in [-0.25, -0.2) is 0 Å². The highest BCUT2D eigenvalue weighted by atomic mass is 35.5. The van der Waals surface area contributed by atoms with Crippen LogP contribution in [0.5, 0.6) is 0 Å². The van der Waals surface area contributed by atoms with Crippen molar-refractivity contribution in [3.63, 3.8) is 0 Å². The van der Waals surface area contributed by atoms with E-state index in [0.717, 1.165) is 35.1 Å². The molecule has 1 heterocycles. The van der Waals surface area contributed by atoms with E-state index in [1.165, 1.54) is 24.9 Å². The van der Waals surface area contributed by atoms with Crippen LogP contribution in [0.25, 0.3) is 0 Å². The molecule has 132 valence electrons. The van der Waals surface area contributed by atoms with Crippen LogP contribution in [-0.2, 0) is 10.5 Å². The van der Waals surface area contributed by atoms with Crippen LogP contribution in [-0.4, -0.2) is 24.7 Å². The number of nitrogens with zero attached hydrogens (tertiary/aromatic N) is 1. The Morgan fingerprint density at radius 1 is 1.04 bits per heavy atom. The number of thioether (sulfide) groups is 1. The van der Waals surface area contributed by atoms with Crippen LogP contribution in [0, 0.1) is 0 Å². The summed E-state index contributed by atoms with van der Waals surface area (Å²) >= 11 is 7.70. The first-order valence-electron chi connectivity index (χ1n) is 8.68. The number of hydrogen-bond donors (Lipinski definition) is 1. The second kappa shape index (κ2) is 9.16. The van der Waals surface area contributed by atoms with Gasteiger partial charge < -0.3 is 10.2 Å². The molecular weight excluding hydrogens is 352 g/mol. The maximum absolute atomic E-state index is 12.1. The van der Waals surface area contributed by atoms with Crippen LogP contribution in [0.4, 0.5) is 11.4 Å². The van der Waals surface area contributed by atoms with Crippen molar-refractivity contribution < 1.29 is 4.79 Å². The number of amides is 1. The summed E-state index contributed by atoms with van der Waals surface area (Å²) in [4.78, 5) is 14.5. The average molecular weight is 375 g/mol. The normalized spacial score (nSPS) is 14.4. The van der Waals surface area contributed by atoms with E-state index >= 15 is 0 Å². The van der Waals surface area contributed by atoms with E-state index in [4.69, 9.17) is 11.6 Å². The molecule has 0 unspecified atom stereocenters. The van der Waals surface area contributed by atoms with Gasteiger partial charge in [0.05, 0.1) is 5.75 Å². The molecule has 1 N–H and O–H groups in total. The molecule has 0 spiro atoms. The fourth-order valence-corrected chi connectivity index (χ4v) is 4.09. The monoisotopic (exact) mass is 374 g/mol. The predicted molar refractivity (Wildman–Crippen MR) is 109 cm³/mol. The number of benzene rings is 2. The van der Waals surface area contributed by atoms with Crippen molar-refractivity contribution in [3.8, 4) is 0 Å². The Balaban J connectivity index is 1.45. The molecule has 1 aliphatic rings. The minimum atomic E-state index is 0.0165. The van der Waals surface area contributed by atoms with Crippen LogP contribution in [0.1, 0.15) is 24.8 Å². The van der Waals surface area contributed by atoms with Gasteiger partial charge in [0, 0.05) is 35.2 Å². The van der Waals surface area contributed by atoms with Gasteiger partial charge >= 0.3 is 0 Å². The summed E-state index contributed by atoms with van der Waals surface area (Å²) in [5.74, 6) is 1.17. The van der Waals surface area contributed by atoms with Crippen LogP contribution >= 0.6 is 23.4 Å². The predicted octanol–water partition coefficient (Wildman–Crippen LogP) is 5.20. The molecule has 0 aliphatic carbocycles. The topological polar surface area (TPSA) is 32.3 Å². The lowest BCUT2D eigenvalue weighted by Crippen LogP contribution is -2.29. The third-order valence-electron chi connectivity index (χ3n) is 4.32. The zero-order valence-corrected chi connectivity index (χ0v) is 15.8. The number of nitrogens with one attached hydrogen (secondary N) is 1. The van der Waals surface area contributed by atoms with E-state index in [1.807, 2.05) is 36.4 Å². The van der Waals surface area contributed by atoms with Crippen molar-refractivity contribution in [1.29, 1.82) is 0 Å². The van der Waals surface area contributed by atoms with Crippen LogP contribution in [0.3, 0.4) is 0 Å². The molecular formula is C20H23ClN2OS. The molecule has 1 amide bonds. The largest absolute Gasteiger partial charge is 0.372 e. The van der Waals surface area contributed by atoms with Crippen molar-refractivity contribution in [1.82, 2.24) is 0 Å². The Hall–Kier alpha value is -1.65. The molecule has 0 saturated carbocycles. The molecule has 3 rings (SSSR count). The minimum absolute atomic E-state index is 0.0165. The van der Waals surface area contributed by atoms with Gasteiger partial charge in [0.2, 0.25) is 5.91 Å².